The Bertz CT molecular complexity index is 128. The molecule has 110 valence electrons. The summed E-state index contributed by atoms with van der Waals surface area (Å²) in [7, 11) is 18.0. The molecule has 0 aromatic carbocycles. The molecule has 24 radical (unpaired) electrons. The second-order valence-electron chi connectivity index (χ2n) is 3.52. The van der Waals surface area contributed by atoms with Gasteiger partial charge in [-0.05, 0) is 32.6 Å². The van der Waals surface area contributed by atoms with Gasteiger partial charge in [-0.25, -0.2) is 0 Å². The minimum absolute atomic E-state index is 0. The van der Waals surface area contributed by atoms with Gasteiger partial charge in [0, 0.05) is 80.1 Å². The Morgan fingerprint density at radius 1 is 0.652 bits per heavy atom. The molecule has 0 fully saturated rings. The lowest BCUT2D eigenvalue weighted by Crippen LogP contribution is -2.47. The van der Waals surface area contributed by atoms with Crippen LogP contribution in [0, 0.1) is 0 Å². The third kappa shape index (κ3) is 27.7. The molecule has 23 heavy (non-hydrogen) atoms. The van der Waals surface area contributed by atoms with Crippen molar-refractivity contribution in [3.8, 4) is 0 Å². The van der Waals surface area contributed by atoms with E-state index in [1.807, 2.05) is 0 Å². The molecule has 0 aromatic heterocycles. The molecule has 0 spiro atoms. The molecule has 12 heteroatoms. The van der Waals surface area contributed by atoms with Crippen molar-refractivity contribution in [3.05, 3.63) is 0 Å². The van der Waals surface area contributed by atoms with Crippen molar-refractivity contribution >= 4 is 80.1 Å². The Labute approximate surface area is 163 Å². The average Bonchev–Trinajstić information content (AvgIpc) is 2.42. The van der Waals surface area contributed by atoms with Gasteiger partial charge < -0.3 is 0 Å². The summed E-state index contributed by atoms with van der Waals surface area (Å²) in [5.74, 6) is 0. The summed E-state index contributed by atoms with van der Waals surface area (Å²) in [6.45, 7) is 15.9. The first kappa shape index (κ1) is 49.5. The van der Waals surface area contributed by atoms with E-state index in [2.05, 4.69) is 75.4 Å². The molecule has 0 N–H and O–H groups in total. The van der Waals surface area contributed by atoms with E-state index >= 15 is 0 Å². The normalized spacial score (nSPS) is 7.48. The molecule has 0 aliphatic rings. The van der Waals surface area contributed by atoms with Crippen LogP contribution in [0.4, 0.5) is 0 Å². The molecule has 0 atom stereocenters. The average molecular weight is 294 g/mol. The molecule has 0 unspecified atom stereocenters. The summed E-state index contributed by atoms with van der Waals surface area (Å²) >= 11 is 0. The van der Waals surface area contributed by atoms with Gasteiger partial charge in [0.05, 0.1) is 6.17 Å². The van der Waals surface area contributed by atoms with E-state index in [0.29, 0.717) is 6.17 Å². The van der Waals surface area contributed by atoms with Crippen molar-refractivity contribution in [2.75, 3.05) is 26.2 Å². The van der Waals surface area contributed by atoms with Crippen LogP contribution in [0.3, 0.4) is 0 Å². The van der Waals surface area contributed by atoms with Crippen LogP contribution in [0.25, 0.3) is 0 Å². The summed E-state index contributed by atoms with van der Waals surface area (Å²) in [6.07, 6.45) is 1.87. The number of nitrogens with zero attached hydrogens (tertiary/aromatic N) is 2. The maximum atomic E-state index is 4.50. The molecule has 0 bridgehead atoms. The predicted octanol–water partition coefficient (Wildman–Crippen LogP) is -1.40. The lowest BCUT2D eigenvalue weighted by Gasteiger charge is -2.37. The monoisotopic (exact) mass is 296 g/mol. The van der Waals surface area contributed by atoms with Crippen LogP contribution in [0.2, 0.25) is 0 Å². The van der Waals surface area contributed by atoms with Crippen molar-refractivity contribution in [1.29, 1.82) is 0 Å². The highest BCUT2D eigenvalue weighted by molar-refractivity contribution is 7.17. The molecule has 0 amide bonds. The first-order valence-corrected chi connectivity index (χ1v) is 6.73. The topological polar surface area (TPSA) is 6.48 Å². The zero-order valence-electron chi connectivity index (χ0n) is 15.8. The molecule has 0 saturated heterocycles. The SMILES string of the molecule is CCC(N(CC)CC)N(CC)CC.[B].[B].[B].[B].[B].[B][B].[B][B][B]. The van der Waals surface area contributed by atoms with E-state index in [1.54, 1.807) is 0 Å². The zero-order valence-corrected chi connectivity index (χ0v) is 15.8. The van der Waals surface area contributed by atoms with Crippen molar-refractivity contribution in [2.45, 2.75) is 47.2 Å². The molecular weight excluding hydrogens is 268 g/mol. The van der Waals surface area contributed by atoms with Crippen LogP contribution in [-0.4, -0.2) is 122 Å². The fraction of sp³-hybridized carbons (Fsp3) is 1.00. The van der Waals surface area contributed by atoms with E-state index in [0.717, 1.165) is 33.2 Å². The molecule has 0 heterocycles. The standard InChI is InChI=1S/C11H26N2.B3.B2.5B/c1-6-11(12(7-2)8-3)13(9-4)10-5;1-3-2;1-2;;;;;/h11H,6-10H2,1-5H3;;;;;;;. The third-order valence-electron chi connectivity index (χ3n) is 2.83. The highest BCUT2D eigenvalue weighted by Crippen LogP contribution is 2.09. The van der Waals surface area contributed by atoms with Gasteiger partial charge in [0.15, 0.2) is 0 Å². The van der Waals surface area contributed by atoms with E-state index in [-0.39, 0.29) is 42.1 Å². The highest BCUT2D eigenvalue weighted by atomic mass is 15.3. The van der Waals surface area contributed by atoms with Crippen LogP contribution in [0.1, 0.15) is 41.0 Å². The molecule has 2 nitrogen and oxygen atoms in total. The second-order valence-corrected chi connectivity index (χ2v) is 3.52. The Hall–Kier alpha value is 0.569. The lowest BCUT2D eigenvalue weighted by atomic mass is 9.40. The van der Waals surface area contributed by atoms with Gasteiger partial charge in [0.25, 0.3) is 0 Å². The van der Waals surface area contributed by atoms with Crippen molar-refractivity contribution in [1.82, 2.24) is 9.80 Å². The third-order valence-corrected chi connectivity index (χ3v) is 2.83. The summed E-state index contributed by atoms with van der Waals surface area (Å²) in [4.78, 5) is 5.07. The smallest absolute Gasteiger partial charge is 0.0619 e. The molecule has 0 rings (SSSR count). The quantitative estimate of drug-likeness (QED) is 0.421. The van der Waals surface area contributed by atoms with Gasteiger partial charge >= 0.3 is 0 Å². The molecular formula is C11H26B10N2. The van der Waals surface area contributed by atoms with Crippen LogP contribution < -0.4 is 0 Å². The van der Waals surface area contributed by atoms with Crippen molar-refractivity contribution < 1.29 is 0 Å². The van der Waals surface area contributed by atoms with Crippen molar-refractivity contribution in [3.63, 3.8) is 0 Å². The van der Waals surface area contributed by atoms with Gasteiger partial charge in [-0.3, -0.25) is 9.80 Å². The second kappa shape index (κ2) is 43.3. The van der Waals surface area contributed by atoms with Gasteiger partial charge in [0.1, 0.15) is 0 Å². The molecule has 0 aliphatic heterocycles. The fourth-order valence-electron chi connectivity index (χ4n) is 2.04. The summed E-state index contributed by atoms with van der Waals surface area (Å²) in [6, 6.07) is 0. The van der Waals surface area contributed by atoms with Gasteiger partial charge in [-0.1, -0.05) is 34.6 Å². The van der Waals surface area contributed by atoms with Crippen LogP contribution in [0.15, 0.2) is 0 Å². The predicted molar refractivity (Wildman–Crippen MR) is 117 cm³/mol. The minimum Gasteiger partial charge on any atom is -0.288 e. The van der Waals surface area contributed by atoms with Crippen molar-refractivity contribution in [2.24, 2.45) is 0 Å². The largest absolute Gasteiger partial charge is 0.288 e. The summed E-state index contributed by atoms with van der Waals surface area (Å²) in [5.41, 5.74) is 0. The number of hydrogen-bond donors (Lipinski definition) is 0. The maximum Gasteiger partial charge on any atom is 0.0619 e. The zero-order chi connectivity index (χ0) is 15.0. The first-order chi connectivity index (χ1) is 8.66. The fourth-order valence-corrected chi connectivity index (χ4v) is 2.04. The first-order valence-electron chi connectivity index (χ1n) is 6.73. The summed E-state index contributed by atoms with van der Waals surface area (Å²) < 4.78 is 0. The lowest BCUT2D eigenvalue weighted by molar-refractivity contribution is 0.0539. The van der Waals surface area contributed by atoms with E-state index in [1.165, 1.54) is 6.42 Å². The van der Waals surface area contributed by atoms with E-state index in [4.69, 9.17) is 0 Å². The number of hydrogen-bond acceptors (Lipinski definition) is 2. The maximum absolute atomic E-state index is 4.50. The molecule has 0 saturated carbocycles. The van der Waals surface area contributed by atoms with E-state index in [9.17, 15) is 0 Å². The van der Waals surface area contributed by atoms with Gasteiger partial charge in [-0.2, -0.15) is 0 Å². The van der Waals surface area contributed by atoms with Crippen LogP contribution in [-0.2, 0) is 0 Å². The Morgan fingerprint density at radius 2 is 0.826 bits per heavy atom. The Kier molecular flexibility index (Phi) is 93.3. The Balaban J connectivity index is -0.0000000337. The van der Waals surface area contributed by atoms with Gasteiger partial charge in [0.2, 0.25) is 0 Å². The van der Waals surface area contributed by atoms with E-state index < -0.39 is 0 Å². The summed E-state index contributed by atoms with van der Waals surface area (Å²) in [5, 5.41) is 0. The van der Waals surface area contributed by atoms with Crippen LogP contribution >= 0.6 is 0 Å². The molecule has 0 aliphatic carbocycles. The minimum atomic E-state index is 0. The highest BCUT2D eigenvalue weighted by Gasteiger charge is 2.18. The van der Waals surface area contributed by atoms with Crippen LogP contribution in [0.5, 0.6) is 0 Å². The molecule has 0 aromatic rings. The van der Waals surface area contributed by atoms with Gasteiger partial charge in [-0.15, -0.1) is 0 Å². The number of rotatable bonds is 7. The Morgan fingerprint density at radius 3 is 0.913 bits per heavy atom.